The molecule has 0 aromatic heterocycles. The van der Waals surface area contributed by atoms with Crippen molar-refractivity contribution in [1.82, 2.24) is 5.32 Å². The summed E-state index contributed by atoms with van der Waals surface area (Å²) < 4.78 is 0. The van der Waals surface area contributed by atoms with Crippen molar-refractivity contribution in [3.05, 3.63) is 29.3 Å². The van der Waals surface area contributed by atoms with Gasteiger partial charge in [-0.1, -0.05) is 19.1 Å². The van der Waals surface area contributed by atoms with Crippen molar-refractivity contribution in [2.75, 3.05) is 5.32 Å². The average molecular weight is 246 g/mol. The Morgan fingerprint density at radius 2 is 2.11 bits per heavy atom. The van der Waals surface area contributed by atoms with Gasteiger partial charge < -0.3 is 10.6 Å². The Bertz CT molecular complexity index is 507. The number of carbonyl (C=O) groups excluding carboxylic acids is 2. The Morgan fingerprint density at radius 3 is 2.78 bits per heavy atom. The van der Waals surface area contributed by atoms with Gasteiger partial charge in [-0.15, -0.1) is 0 Å². The van der Waals surface area contributed by atoms with E-state index in [1.807, 2.05) is 39.0 Å². The quantitative estimate of drug-likeness (QED) is 0.856. The van der Waals surface area contributed by atoms with Crippen LogP contribution < -0.4 is 10.6 Å². The molecule has 2 N–H and O–H groups in total. The summed E-state index contributed by atoms with van der Waals surface area (Å²) in [4.78, 5) is 23.0. The minimum atomic E-state index is -0.500. The number of nitrogens with one attached hydrogen (secondary N) is 2. The van der Waals surface area contributed by atoms with Gasteiger partial charge >= 0.3 is 0 Å². The number of hydrogen-bond acceptors (Lipinski definition) is 2. The van der Waals surface area contributed by atoms with Crippen molar-refractivity contribution in [3.63, 3.8) is 0 Å². The summed E-state index contributed by atoms with van der Waals surface area (Å²) in [7, 11) is 0. The van der Waals surface area contributed by atoms with Crippen LogP contribution in [0.1, 0.15) is 38.3 Å². The fourth-order valence-electron chi connectivity index (χ4n) is 2.05. The average Bonchev–Trinajstić information content (AvgIpc) is 2.57. The van der Waals surface area contributed by atoms with Crippen LogP contribution in [0.3, 0.4) is 0 Å². The monoisotopic (exact) mass is 246 g/mol. The van der Waals surface area contributed by atoms with Gasteiger partial charge in [0.15, 0.2) is 0 Å². The third-order valence-electron chi connectivity index (χ3n) is 3.38. The number of anilines is 1. The second-order valence-corrected chi connectivity index (χ2v) is 5.09. The van der Waals surface area contributed by atoms with Gasteiger partial charge in [-0.25, -0.2) is 0 Å². The van der Waals surface area contributed by atoms with E-state index < -0.39 is 5.41 Å². The van der Waals surface area contributed by atoms with Crippen molar-refractivity contribution in [2.24, 2.45) is 0 Å². The molecule has 4 nitrogen and oxygen atoms in total. The van der Waals surface area contributed by atoms with E-state index in [9.17, 15) is 9.59 Å². The SMILES string of the molecule is CCC(=O)NCc1ccc2c(c1)C(C)(C)C(=O)N2. The van der Waals surface area contributed by atoms with Gasteiger partial charge in [-0.3, -0.25) is 9.59 Å². The van der Waals surface area contributed by atoms with E-state index >= 15 is 0 Å². The zero-order chi connectivity index (χ0) is 13.3. The van der Waals surface area contributed by atoms with Crippen LogP contribution in [0.5, 0.6) is 0 Å². The van der Waals surface area contributed by atoms with Gasteiger partial charge in [-0.05, 0) is 31.0 Å². The topological polar surface area (TPSA) is 58.2 Å². The fraction of sp³-hybridized carbons (Fsp3) is 0.429. The van der Waals surface area contributed by atoms with Crippen molar-refractivity contribution in [1.29, 1.82) is 0 Å². The van der Waals surface area contributed by atoms with Crippen LogP contribution in [0, 0.1) is 0 Å². The van der Waals surface area contributed by atoms with Crippen molar-refractivity contribution >= 4 is 17.5 Å². The highest BCUT2D eigenvalue weighted by Gasteiger charge is 2.38. The lowest BCUT2D eigenvalue weighted by Gasteiger charge is -2.16. The molecule has 2 rings (SSSR count). The molecule has 0 unspecified atom stereocenters. The first-order valence-electron chi connectivity index (χ1n) is 6.16. The summed E-state index contributed by atoms with van der Waals surface area (Å²) in [6.07, 6.45) is 0.483. The first-order valence-corrected chi connectivity index (χ1v) is 6.16. The van der Waals surface area contributed by atoms with Crippen LogP contribution in [-0.4, -0.2) is 11.8 Å². The highest BCUT2D eigenvalue weighted by Crippen LogP contribution is 2.37. The molecule has 1 aromatic rings. The summed E-state index contributed by atoms with van der Waals surface area (Å²) in [5, 5.41) is 5.70. The van der Waals surface area contributed by atoms with Crippen molar-refractivity contribution < 1.29 is 9.59 Å². The van der Waals surface area contributed by atoms with Crippen molar-refractivity contribution in [3.8, 4) is 0 Å². The van der Waals surface area contributed by atoms with E-state index in [1.165, 1.54) is 0 Å². The van der Waals surface area contributed by atoms with Gasteiger partial charge in [0.2, 0.25) is 11.8 Å². The minimum Gasteiger partial charge on any atom is -0.352 e. The molecule has 0 spiro atoms. The standard InChI is InChI=1S/C14H18N2O2/c1-4-12(17)15-8-9-5-6-11-10(7-9)14(2,3)13(18)16-11/h5-7H,4,8H2,1-3H3,(H,15,17)(H,16,18). The molecule has 0 atom stereocenters. The third kappa shape index (κ3) is 2.10. The van der Waals surface area contributed by atoms with Crippen LogP contribution in [0.2, 0.25) is 0 Å². The number of rotatable bonds is 3. The highest BCUT2D eigenvalue weighted by molar-refractivity contribution is 6.05. The lowest BCUT2D eigenvalue weighted by Crippen LogP contribution is -2.27. The van der Waals surface area contributed by atoms with E-state index in [0.717, 1.165) is 16.8 Å². The Balaban J connectivity index is 2.21. The number of carbonyl (C=O) groups is 2. The van der Waals surface area contributed by atoms with Gasteiger partial charge in [0.1, 0.15) is 0 Å². The van der Waals surface area contributed by atoms with E-state index in [-0.39, 0.29) is 11.8 Å². The molecule has 96 valence electrons. The van der Waals surface area contributed by atoms with Crippen LogP contribution in [0.15, 0.2) is 18.2 Å². The molecular formula is C14H18N2O2. The van der Waals surface area contributed by atoms with Crippen LogP contribution >= 0.6 is 0 Å². The smallest absolute Gasteiger partial charge is 0.234 e. The minimum absolute atomic E-state index is 0.0206. The second-order valence-electron chi connectivity index (χ2n) is 5.09. The molecule has 0 radical (unpaired) electrons. The Hall–Kier alpha value is -1.84. The maximum absolute atomic E-state index is 11.8. The van der Waals surface area contributed by atoms with E-state index in [4.69, 9.17) is 0 Å². The molecule has 0 bridgehead atoms. The molecule has 0 fully saturated rings. The van der Waals surface area contributed by atoms with Gasteiger partial charge in [0, 0.05) is 18.7 Å². The van der Waals surface area contributed by atoms with E-state index in [2.05, 4.69) is 10.6 Å². The molecule has 4 heteroatoms. The highest BCUT2D eigenvalue weighted by atomic mass is 16.2. The van der Waals surface area contributed by atoms with Crippen LogP contribution in [-0.2, 0) is 21.5 Å². The second kappa shape index (κ2) is 4.44. The molecule has 2 amide bonds. The van der Waals surface area contributed by atoms with E-state index in [0.29, 0.717) is 13.0 Å². The summed E-state index contributed by atoms with van der Waals surface area (Å²) in [6.45, 7) is 6.14. The first kappa shape index (κ1) is 12.6. The maximum atomic E-state index is 11.8. The summed E-state index contributed by atoms with van der Waals surface area (Å²) in [5.41, 5.74) is 2.38. The van der Waals surface area contributed by atoms with Crippen molar-refractivity contribution in [2.45, 2.75) is 39.2 Å². The Kier molecular flexibility index (Phi) is 3.11. The largest absolute Gasteiger partial charge is 0.352 e. The molecule has 0 saturated carbocycles. The molecule has 1 aliphatic rings. The Labute approximate surface area is 107 Å². The molecule has 18 heavy (non-hydrogen) atoms. The number of amides is 2. The van der Waals surface area contributed by atoms with Gasteiger partial charge in [-0.2, -0.15) is 0 Å². The number of hydrogen-bond donors (Lipinski definition) is 2. The normalized spacial score (nSPS) is 16.1. The molecule has 1 aromatic carbocycles. The number of benzene rings is 1. The predicted octanol–water partition coefficient (Wildman–Crippen LogP) is 1.94. The first-order chi connectivity index (χ1) is 8.45. The maximum Gasteiger partial charge on any atom is 0.234 e. The van der Waals surface area contributed by atoms with Crippen LogP contribution in [0.4, 0.5) is 5.69 Å². The summed E-state index contributed by atoms with van der Waals surface area (Å²) in [5.74, 6) is 0.0520. The summed E-state index contributed by atoms with van der Waals surface area (Å²) >= 11 is 0. The molecule has 1 heterocycles. The third-order valence-corrected chi connectivity index (χ3v) is 3.38. The van der Waals surface area contributed by atoms with Gasteiger partial charge in [0.25, 0.3) is 0 Å². The zero-order valence-corrected chi connectivity index (χ0v) is 11.0. The molecule has 1 aliphatic heterocycles. The predicted molar refractivity (Wildman–Crippen MR) is 70.2 cm³/mol. The zero-order valence-electron chi connectivity index (χ0n) is 11.0. The lowest BCUT2D eigenvalue weighted by molar-refractivity contribution is -0.121. The Morgan fingerprint density at radius 1 is 1.39 bits per heavy atom. The molecular weight excluding hydrogens is 228 g/mol. The van der Waals surface area contributed by atoms with Gasteiger partial charge in [0.05, 0.1) is 5.41 Å². The number of fused-ring (bicyclic) bond motifs is 1. The molecule has 0 aliphatic carbocycles. The lowest BCUT2D eigenvalue weighted by atomic mass is 9.85. The fourth-order valence-corrected chi connectivity index (χ4v) is 2.05. The van der Waals surface area contributed by atoms with Crippen LogP contribution in [0.25, 0.3) is 0 Å². The summed E-state index contributed by atoms with van der Waals surface area (Å²) in [6, 6.07) is 5.81. The van der Waals surface area contributed by atoms with E-state index in [1.54, 1.807) is 0 Å². The molecule has 0 saturated heterocycles.